The molecular weight excluding hydrogens is 332 g/mol. The number of hydrogen-bond donors (Lipinski definition) is 0. The first-order valence-electron chi connectivity index (χ1n) is 8.87. The summed E-state index contributed by atoms with van der Waals surface area (Å²) in [5.74, 6) is 1.48. The average Bonchev–Trinajstić information content (AvgIpc) is 3.06. The molecule has 1 aromatic heterocycles. The Balaban J connectivity index is 0.00000182. The zero-order chi connectivity index (χ0) is 16.7. The third-order valence-electron chi connectivity index (χ3n) is 5.70. The van der Waals surface area contributed by atoms with Crippen LogP contribution in [-0.4, -0.2) is 46.4 Å². The van der Waals surface area contributed by atoms with Gasteiger partial charge in [-0.15, -0.1) is 12.4 Å². The van der Waals surface area contributed by atoms with Crippen LogP contribution in [-0.2, 0) is 6.54 Å². The third-order valence-corrected chi connectivity index (χ3v) is 5.70. The standard InChI is InChI=1S/C20H26N4.ClH/c1-14-6-4-5-7-18(14)20-19-13-24(11-16(19)10-23(20)3)12-17-9-21-15(2)8-22-17;/h4-9,16,19-20H,10-13H2,1-3H3;1H/t16-,19+,20+;/m0./s1. The molecule has 2 aliphatic heterocycles. The summed E-state index contributed by atoms with van der Waals surface area (Å²) in [7, 11) is 2.28. The highest BCUT2D eigenvalue weighted by molar-refractivity contribution is 5.85. The van der Waals surface area contributed by atoms with E-state index >= 15 is 0 Å². The number of fused-ring (bicyclic) bond motifs is 1. The lowest BCUT2D eigenvalue weighted by molar-refractivity contribution is 0.222. The van der Waals surface area contributed by atoms with E-state index in [2.05, 4.69) is 58.0 Å². The minimum atomic E-state index is 0. The highest BCUT2D eigenvalue weighted by Gasteiger charge is 2.46. The lowest BCUT2D eigenvalue weighted by Crippen LogP contribution is -2.29. The van der Waals surface area contributed by atoms with Gasteiger partial charge in [0.15, 0.2) is 0 Å². The van der Waals surface area contributed by atoms with Crippen molar-refractivity contribution in [1.29, 1.82) is 0 Å². The number of hydrogen-bond acceptors (Lipinski definition) is 4. The fourth-order valence-corrected chi connectivity index (χ4v) is 4.60. The monoisotopic (exact) mass is 358 g/mol. The van der Waals surface area contributed by atoms with Gasteiger partial charge in [0.2, 0.25) is 0 Å². The predicted octanol–water partition coefficient (Wildman–Crippen LogP) is 3.25. The Hall–Kier alpha value is -1.49. The van der Waals surface area contributed by atoms with Gasteiger partial charge >= 0.3 is 0 Å². The molecule has 0 aliphatic carbocycles. The molecule has 0 saturated carbocycles. The van der Waals surface area contributed by atoms with Gasteiger partial charge in [0.1, 0.15) is 0 Å². The van der Waals surface area contributed by atoms with Crippen LogP contribution in [0.4, 0.5) is 0 Å². The first-order valence-corrected chi connectivity index (χ1v) is 8.87. The van der Waals surface area contributed by atoms with Crippen molar-refractivity contribution in [1.82, 2.24) is 19.8 Å². The third kappa shape index (κ3) is 3.57. The summed E-state index contributed by atoms with van der Waals surface area (Å²) < 4.78 is 0. The van der Waals surface area contributed by atoms with E-state index in [0.29, 0.717) is 6.04 Å². The smallest absolute Gasteiger partial charge is 0.0727 e. The molecule has 5 heteroatoms. The lowest BCUT2D eigenvalue weighted by Gasteiger charge is -2.28. The number of aromatic nitrogens is 2. The molecule has 1 aromatic carbocycles. The van der Waals surface area contributed by atoms with Crippen LogP contribution < -0.4 is 0 Å². The molecule has 0 bridgehead atoms. The van der Waals surface area contributed by atoms with E-state index in [1.54, 1.807) is 0 Å². The van der Waals surface area contributed by atoms with E-state index in [1.165, 1.54) is 24.2 Å². The van der Waals surface area contributed by atoms with Gasteiger partial charge in [-0.3, -0.25) is 19.8 Å². The second-order valence-corrected chi connectivity index (χ2v) is 7.51. The molecule has 3 heterocycles. The molecule has 0 spiro atoms. The molecule has 2 aromatic rings. The van der Waals surface area contributed by atoms with Gasteiger partial charge in [-0.2, -0.15) is 0 Å². The second-order valence-electron chi connectivity index (χ2n) is 7.51. The number of rotatable bonds is 3. The molecule has 2 saturated heterocycles. The molecule has 0 amide bonds. The summed E-state index contributed by atoms with van der Waals surface area (Å²) in [6.07, 6.45) is 3.80. The van der Waals surface area contributed by atoms with E-state index in [-0.39, 0.29) is 12.4 Å². The van der Waals surface area contributed by atoms with Crippen LogP contribution >= 0.6 is 12.4 Å². The summed E-state index contributed by atoms with van der Waals surface area (Å²) in [6.45, 7) is 8.67. The van der Waals surface area contributed by atoms with Crippen molar-refractivity contribution < 1.29 is 0 Å². The fraction of sp³-hybridized carbons (Fsp3) is 0.500. The zero-order valence-corrected chi connectivity index (χ0v) is 16.0. The number of aryl methyl sites for hydroxylation is 2. The summed E-state index contributed by atoms with van der Waals surface area (Å²) in [5, 5.41) is 0. The van der Waals surface area contributed by atoms with Crippen molar-refractivity contribution >= 4 is 12.4 Å². The van der Waals surface area contributed by atoms with Crippen LogP contribution in [0.2, 0.25) is 0 Å². The maximum Gasteiger partial charge on any atom is 0.0727 e. The Kier molecular flexibility index (Phi) is 5.42. The molecule has 4 rings (SSSR count). The van der Waals surface area contributed by atoms with Crippen molar-refractivity contribution in [3.05, 3.63) is 59.2 Å². The summed E-state index contributed by atoms with van der Waals surface area (Å²) >= 11 is 0. The lowest BCUT2D eigenvalue weighted by atomic mass is 9.88. The van der Waals surface area contributed by atoms with E-state index in [0.717, 1.165) is 36.3 Å². The van der Waals surface area contributed by atoms with Crippen molar-refractivity contribution in [3.8, 4) is 0 Å². The Morgan fingerprint density at radius 2 is 1.84 bits per heavy atom. The Labute approximate surface area is 156 Å². The molecule has 0 N–H and O–H groups in total. The first-order chi connectivity index (χ1) is 11.6. The number of halogens is 1. The zero-order valence-electron chi connectivity index (χ0n) is 15.2. The fourth-order valence-electron chi connectivity index (χ4n) is 4.60. The number of benzene rings is 1. The SMILES string of the molecule is Cc1cnc(CN2C[C@@H]3CN(C)[C@H](c4ccccc4C)[C@@H]3C2)cn1.Cl. The maximum absolute atomic E-state index is 4.53. The Morgan fingerprint density at radius 1 is 1.04 bits per heavy atom. The molecule has 2 aliphatic rings. The Morgan fingerprint density at radius 3 is 2.56 bits per heavy atom. The summed E-state index contributed by atoms with van der Waals surface area (Å²) in [4.78, 5) is 14.0. The van der Waals surface area contributed by atoms with Gasteiger partial charge in [-0.25, -0.2) is 0 Å². The molecule has 25 heavy (non-hydrogen) atoms. The van der Waals surface area contributed by atoms with E-state index in [9.17, 15) is 0 Å². The topological polar surface area (TPSA) is 32.3 Å². The van der Waals surface area contributed by atoms with Gasteiger partial charge in [0.05, 0.1) is 11.4 Å². The Bertz CT molecular complexity index is 718. The van der Waals surface area contributed by atoms with Crippen molar-refractivity contribution in [2.24, 2.45) is 11.8 Å². The van der Waals surface area contributed by atoms with Crippen LogP contribution in [0.25, 0.3) is 0 Å². The molecule has 2 fully saturated rings. The van der Waals surface area contributed by atoms with Crippen LogP contribution in [0.3, 0.4) is 0 Å². The van der Waals surface area contributed by atoms with Gasteiger partial charge in [0.25, 0.3) is 0 Å². The van der Waals surface area contributed by atoms with Crippen LogP contribution in [0.15, 0.2) is 36.7 Å². The van der Waals surface area contributed by atoms with Crippen LogP contribution in [0.5, 0.6) is 0 Å². The first kappa shape index (κ1) is 18.3. The minimum Gasteiger partial charge on any atom is -0.299 e. The quantitative estimate of drug-likeness (QED) is 0.843. The normalized spacial score (nSPS) is 26.4. The molecule has 3 atom stereocenters. The molecule has 4 nitrogen and oxygen atoms in total. The largest absolute Gasteiger partial charge is 0.299 e. The molecule has 134 valence electrons. The summed E-state index contributed by atoms with van der Waals surface area (Å²) in [6, 6.07) is 9.42. The highest BCUT2D eigenvalue weighted by Crippen LogP contribution is 2.44. The van der Waals surface area contributed by atoms with Crippen LogP contribution in [0, 0.1) is 25.7 Å². The molecule has 0 unspecified atom stereocenters. The van der Waals surface area contributed by atoms with Crippen LogP contribution in [0.1, 0.15) is 28.6 Å². The van der Waals surface area contributed by atoms with E-state index in [4.69, 9.17) is 0 Å². The maximum atomic E-state index is 4.53. The van der Waals surface area contributed by atoms with Gasteiger partial charge < -0.3 is 0 Å². The van der Waals surface area contributed by atoms with E-state index < -0.39 is 0 Å². The average molecular weight is 359 g/mol. The number of likely N-dealkylation sites (tertiary alicyclic amines) is 2. The van der Waals surface area contributed by atoms with Crippen molar-refractivity contribution in [2.75, 3.05) is 26.7 Å². The minimum absolute atomic E-state index is 0. The van der Waals surface area contributed by atoms with Crippen molar-refractivity contribution in [2.45, 2.75) is 26.4 Å². The highest BCUT2D eigenvalue weighted by atomic mass is 35.5. The van der Waals surface area contributed by atoms with Crippen molar-refractivity contribution in [3.63, 3.8) is 0 Å². The second kappa shape index (κ2) is 7.40. The predicted molar refractivity (Wildman–Crippen MR) is 103 cm³/mol. The van der Waals surface area contributed by atoms with Gasteiger partial charge in [-0.1, -0.05) is 24.3 Å². The van der Waals surface area contributed by atoms with Gasteiger partial charge in [-0.05, 0) is 43.9 Å². The summed E-state index contributed by atoms with van der Waals surface area (Å²) in [5.41, 5.74) is 4.99. The molecular formula is C20H27ClN4. The van der Waals surface area contributed by atoms with Gasteiger partial charge in [0, 0.05) is 44.6 Å². The van der Waals surface area contributed by atoms with E-state index in [1.807, 2.05) is 19.3 Å². The molecule has 0 radical (unpaired) electrons. The number of nitrogens with zero attached hydrogens (tertiary/aromatic N) is 4.